The predicted molar refractivity (Wildman–Crippen MR) is 173 cm³/mol. The van der Waals surface area contributed by atoms with Gasteiger partial charge in [0.1, 0.15) is 5.65 Å². The van der Waals surface area contributed by atoms with Crippen molar-refractivity contribution in [3.8, 4) is 39.6 Å². The minimum absolute atomic E-state index is 0.855. The quantitative estimate of drug-likeness (QED) is 0.224. The zero-order valence-corrected chi connectivity index (χ0v) is 23.1. The molecule has 4 nitrogen and oxygen atoms in total. The molecule has 0 N–H and O–H groups in total. The number of benzene rings is 4. The van der Waals surface area contributed by atoms with Crippen molar-refractivity contribution in [1.29, 1.82) is 0 Å². The van der Waals surface area contributed by atoms with Crippen molar-refractivity contribution in [3.05, 3.63) is 145 Å². The van der Waals surface area contributed by atoms with Gasteiger partial charge in [-0.2, -0.15) is 0 Å². The number of nitrogens with zero attached hydrogens (tertiary/aromatic N) is 4. The number of aromatic nitrogens is 4. The van der Waals surface area contributed by atoms with Crippen LogP contribution in [0.25, 0.3) is 72.3 Å². The summed E-state index contributed by atoms with van der Waals surface area (Å²) >= 11 is 0. The number of para-hydroxylation sites is 1. The molecule has 4 aromatic heterocycles. The Morgan fingerprint density at radius 3 is 2.19 bits per heavy atom. The lowest BCUT2D eigenvalue weighted by atomic mass is 10.0. The first kappa shape index (κ1) is 24.2. The van der Waals surface area contributed by atoms with E-state index in [9.17, 15) is 0 Å². The first-order valence-electron chi connectivity index (χ1n) is 14.1. The minimum Gasteiger partial charge on any atom is -0.294 e. The number of hydrogen-bond acceptors (Lipinski definition) is 3. The molecule has 0 saturated heterocycles. The van der Waals surface area contributed by atoms with E-state index in [1.807, 2.05) is 18.3 Å². The molecule has 8 aromatic rings. The second-order valence-corrected chi connectivity index (χ2v) is 10.7. The van der Waals surface area contributed by atoms with Crippen LogP contribution in [0.1, 0.15) is 5.56 Å². The first-order valence-corrected chi connectivity index (χ1v) is 14.1. The molecular weight excluding hydrogens is 512 g/mol. The van der Waals surface area contributed by atoms with Crippen molar-refractivity contribution in [3.63, 3.8) is 0 Å². The second kappa shape index (κ2) is 9.79. The van der Waals surface area contributed by atoms with Gasteiger partial charge in [0.25, 0.3) is 0 Å². The third-order valence-electron chi connectivity index (χ3n) is 7.86. The Kier molecular flexibility index (Phi) is 5.64. The van der Waals surface area contributed by atoms with E-state index in [1.165, 1.54) is 16.2 Å². The lowest BCUT2D eigenvalue weighted by Gasteiger charge is -2.11. The summed E-state index contributed by atoms with van der Waals surface area (Å²) in [6, 6.07) is 46.5. The third-order valence-corrected chi connectivity index (χ3v) is 7.86. The molecule has 4 heteroatoms. The highest BCUT2D eigenvalue weighted by molar-refractivity contribution is 6.07. The lowest BCUT2D eigenvalue weighted by molar-refractivity contribution is 1.13. The van der Waals surface area contributed by atoms with Crippen molar-refractivity contribution in [1.82, 2.24) is 19.5 Å². The summed E-state index contributed by atoms with van der Waals surface area (Å²) in [5.41, 5.74) is 9.98. The maximum absolute atomic E-state index is 5.12. The number of rotatable bonds is 4. The normalized spacial score (nSPS) is 11.5. The van der Waals surface area contributed by atoms with Gasteiger partial charge in [-0.25, -0.2) is 15.0 Å². The van der Waals surface area contributed by atoms with Gasteiger partial charge in [0, 0.05) is 33.8 Å². The first-order chi connectivity index (χ1) is 20.7. The highest BCUT2D eigenvalue weighted by Gasteiger charge is 2.14. The molecular formula is C38H26N4. The van der Waals surface area contributed by atoms with Gasteiger partial charge in [-0.1, -0.05) is 72.8 Å². The highest BCUT2D eigenvalue weighted by atomic mass is 15.0. The van der Waals surface area contributed by atoms with E-state index in [2.05, 4.69) is 133 Å². The Bertz CT molecular complexity index is 2230. The molecule has 198 valence electrons. The van der Waals surface area contributed by atoms with E-state index < -0.39 is 0 Å². The van der Waals surface area contributed by atoms with Crippen LogP contribution in [0.4, 0.5) is 0 Å². The SMILES string of the molecule is Cc1cc(-c2cccc(-n3c4ccccc4c4cccnc43)c2)nc(-c2cccc(-c3ccc4ccccc4c3)n2)c1. The van der Waals surface area contributed by atoms with Gasteiger partial charge in [-0.05, 0) is 83.9 Å². The van der Waals surface area contributed by atoms with Gasteiger partial charge < -0.3 is 0 Å². The number of pyridine rings is 3. The van der Waals surface area contributed by atoms with E-state index in [0.717, 1.165) is 61.7 Å². The predicted octanol–water partition coefficient (Wildman–Crippen LogP) is 9.43. The molecule has 0 aliphatic rings. The Morgan fingerprint density at radius 1 is 0.500 bits per heavy atom. The van der Waals surface area contributed by atoms with Crippen molar-refractivity contribution in [2.75, 3.05) is 0 Å². The fourth-order valence-electron chi connectivity index (χ4n) is 5.89. The van der Waals surface area contributed by atoms with E-state index in [1.54, 1.807) is 0 Å². The molecule has 4 aromatic carbocycles. The zero-order valence-electron chi connectivity index (χ0n) is 23.1. The van der Waals surface area contributed by atoms with Crippen molar-refractivity contribution in [2.45, 2.75) is 6.92 Å². The standard InChI is InChI=1S/C38H26N4/c1-25-21-35(28-11-6-12-30(24-28)42-37-17-5-4-13-31(37)32-14-8-20-39-38(32)42)41-36(22-25)34-16-7-15-33(40-34)29-19-18-26-9-2-3-10-27(26)23-29/h2-24H,1H3. The van der Waals surface area contributed by atoms with E-state index >= 15 is 0 Å². The smallest absolute Gasteiger partial charge is 0.145 e. The average molecular weight is 539 g/mol. The van der Waals surface area contributed by atoms with Crippen LogP contribution in [0, 0.1) is 6.92 Å². The van der Waals surface area contributed by atoms with Gasteiger partial charge in [0.15, 0.2) is 0 Å². The van der Waals surface area contributed by atoms with E-state index in [4.69, 9.17) is 15.0 Å². The van der Waals surface area contributed by atoms with Gasteiger partial charge >= 0.3 is 0 Å². The summed E-state index contributed by atoms with van der Waals surface area (Å²) < 4.78 is 2.24. The molecule has 0 aliphatic heterocycles. The molecule has 0 aliphatic carbocycles. The molecule has 0 atom stereocenters. The lowest BCUT2D eigenvalue weighted by Crippen LogP contribution is -1.97. The maximum Gasteiger partial charge on any atom is 0.145 e. The molecule has 8 rings (SSSR count). The Balaban J connectivity index is 1.22. The van der Waals surface area contributed by atoms with Crippen LogP contribution >= 0.6 is 0 Å². The van der Waals surface area contributed by atoms with Gasteiger partial charge in [0.2, 0.25) is 0 Å². The van der Waals surface area contributed by atoms with Crippen LogP contribution in [0.3, 0.4) is 0 Å². The maximum atomic E-state index is 5.12. The molecule has 0 saturated carbocycles. The molecule has 42 heavy (non-hydrogen) atoms. The highest BCUT2D eigenvalue weighted by Crippen LogP contribution is 2.33. The van der Waals surface area contributed by atoms with Crippen molar-refractivity contribution in [2.24, 2.45) is 0 Å². The number of fused-ring (bicyclic) bond motifs is 4. The van der Waals surface area contributed by atoms with Gasteiger partial charge in [-0.15, -0.1) is 0 Å². The summed E-state index contributed by atoms with van der Waals surface area (Å²) in [4.78, 5) is 14.9. The molecule has 0 unspecified atom stereocenters. The van der Waals surface area contributed by atoms with E-state index in [-0.39, 0.29) is 0 Å². The monoisotopic (exact) mass is 538 g/mol. The molecule has 0 radical (unpaired) electrons. The summed E-state index contributed by atoms with van der Waals surface area (Å²) in [5.74, 6) is 0. The summed E-state index contributed by atoms with van der Waals surface area (Å²) in [6.07, 6.45) is 1.86. The largest absolute Gasteiger partial charge is 0.294 e. The zero-order chi connectivity index (χ0) is 28.0. The van der Waals surface area contributed by atoms with Crippen molar-refractivity contribution < 1.29 is 0 Å². The summed E-state index contributed by atoms with van der Waals surface area (Å²) in [5, 5.41) is 4.77. The van der Waals surface area contributed by atoms with Crippen LogP contribution in [0.5, 0.6) is 0 Å². The minimum atomic E-state index is 0.855. The number of aryl methyl sites for hydroxylation is 1. The third kappa shape index (κ3) is 4.13. The Morgan fingerprint density at radius 2 is 1.24 bits per heavy atom. The second-order valence-electron chi connectivity index (χ2n) is 10.7. The number of hydrogen-bond donors (Lipinski definition) is 0. The Hall–Kier alpha value is -5.61. The van der Waals surface area contributed by atoms with E-state index in [0.29, 0.717) is 0 Å². The molecule has 0 bridgehead atoms. The van der Waals surface area contributed by atoms with Gasteiger partial charge in [0.05, 0.1) is 28.3 Å². The summed E-state index contributed by atoms with van der Waals surface area (Å²) in [6.45, 7) is 2.11. The topological polar surface area (TPSA) is 43.6 Å². The average Bonchev–Trinajstić information content (AvgIpc) is 3.39. The van der Waals surface area contributed by atoms with Gasteiger partial charge in [-0.3, -0.25) is 4.57 Å². The molecule has 0 fully saturated rings. The van der Waals surface area contributed by atoms with Crippen LogP contribution in [0.15, 0.2) is 140 Å². The van der Waals surface area contributed by atoms with Crippen molar-refractivity contribution >= 4 is 32.7 Å². The molecule has 0 spiro atoms. The summed E-state index contributed by atoms with van der Waals surface area (Å²) in [7, 11) is 0. The van der Waals surface area contributed by atoms with Crippen LogP contribution < -0.4 is 0 Å². The van der Waals surface area contributed by atoms with Crippen LogP contribution in [-0.2, 0) is 0 Å². The fourth-order valence-corrected chi connectivity index (χ4v) is 5.89. The van der Waals surface area contributed by atoms with Crippen LogP contribution in [0.2, 0.25) is 0 Å². The Labute approximate surface area is 243 Å². The molecule has 0 amide bonds. The molecule has 4 heterocycles. The van der Waals surface area contributed by atoms with Crippen LogP contribution in [-0.4, -0.2) is 19.5 Å². The fraction of sp³-hybridized carbons (Fsp3) is 0.0263.